The first-order chi connectivity index (χ1) is 9.67. The maximum Gasteiger partial charge on any atom is 0.242 e. The summed E-state index contributed by atoms with van der Waals surface area (Å²) in [5, 5.41) is 3.09. The smallest absolute Gasteiger partial charge is 0.242 e. The summed E-state index contributed by atoms with van der Waals surface area (Å²) in [6.45, 7) is 0.857. The zero-order valence-electron chi connectivity index (χ0n) is 11.4. The molecule has 6 heteroatoms. The van der Waals surface area contributed by atoms with Gasteiger partial charge >= 0.3 is 0 Å². The molecule has 0 spiro atoms. The van der Waals surface area contributed by atoms with Gasteiger partial charge in [0.15, 0.2) is 0 Å². The lowest BCUT2D eigenvalue weighted by molar-refractivity contribution is -0.122. The summed E-state index contributed by atoms with van der Waals surface area (Å²) in [6.07, 6.45) is 4.12. The van der Waals surface area contributed by atoms with Crippen molar-refractivity contribution in [3.63, 3.8) is 0 Å². The van der Waals surface area contributed by atoms with Gasteiger partial charge in [-0.2, -0.15) is 4.98 Å². The van der Waals surface area contributed by atoms with E-state index in [2.05, 4.69) is 31.1 Å². The number of ether oxygens (including phenoxy) is 1. The van der Waals surface area contributed by atoms with E-state index in [0.717, 1.165) is 42.5 Å². The molecule has 2 fully saturated rings. The topological polar surface area (TPSA) is 54.5 Å². The number of rotatable bonds is 4. The normalized spacial score (nSPS) is 21.9. The van der Waals surface area contributed by atoms with Crippen molar-refractivity contribution in [2.75, 3.05) is 18.6 Å². The van der Waals surface area contributed by atoms with E-state index in [1.54, 1.807) is 7.11 Å². The summed E-state index contributed by atoms with van der Waals surface area (Å²) in [7, 11) is 1.60. The third-order valence-electron chi connectivity index (χ3n) is 3.74. The van der Waals surface area contributed by atoms with Gasteiger partial charge in [-0.25, -0.2) is 0 Å². The van der Waals surface area contributed by atoms with E-state index in [9.17, 15) is 4.79 Å². The van der Waals surface area contributed by atoms with Crippen molar-refractivity contribution >= 4 is 27.7 Å². The van der Waals surface area contributed by atoms with Crippen LogP contribution in [0.25, 0.3) is 0 Å². The summed E-state index contributed by atoms with van der Waals surface area (Å²) in [5.74, 6) is 1.48. The van der Waals surface area contributed by atoms with Gasteiger partial charge in [-0.15, -0.1) is 0 Å². The van der Waals surface area contributed by atoms with Gasteiger partial charge in [0, 0.05) is 23.1 Å². The Hall–Kier alpha value is -1.30. The summed E-state index contributed by atoms with van der Waals surface area (Å²) in [5.41, 5.74) is 0. The van der Waals surface area contributed by atoms with Crippen molar-refractivity contribution in [3.8, 4) is 5.88 Å². The maximum absolute atomic E-state index is 12.3. The standard InChI is InChI=1S/C14H18BrN3O2/c1-20-13-8-9(15)7-12(17-13)18-6-2-3-11(18)14(19)16-10-4-5-10/h7-8,10-11H,2-6H2,1H3,(H,16,19). The van der Waals surface area contributed by atoms with Gasteiger partial charge < -0.3 is 15.0 Å². The fourth-order valence-electron chi connectivity index (χ4n) is 2.55. The molecule has 3 rings (SSSR count). The van der Waals surface area contributed by atoms with E-state index < -0.39 is 0 Å². The second kappa shape index (κ2) is 5.60. The predicted molar refractivity (Wildman–Crippen MR) is 80.0 cm³/mol. The summed E-state index contributed by atoms with van der Waals surface area (Å²) in [6, 6.07) is 4.04. The van der Waals surface area contributed by atoms with Crippen LogP contribution in [0, 0.1) is 0 Å². The monoisotopic (exact) mass is 339 g/mol. The van der Waals surface area contributed by atoms with Crippen LogP contribution in [-0.4, -0.2) is 36.6 Å². The first kappa shape index (κ1) is 13.7. The number of aromatic nitrogens is 1. The largest absolute Gasteiger partial charge is 0.481 e. The van der Waals surface area contributed by atoms with Gasteiger partial charge in [0.1, 0.15) is 11.9 Å². The molecule has 1 amide bonds. The number of hydrogen-bond acceptors (Lipinski definition) is 4. The van der Waals surface area contributed by atoms with Crippen LogP contribution in [-0.2, 0) is 4.79 Å². The molecule has 0 bridgehead atoms. The Balaban J connectivity index is 1.80. The number of pyridine rings is 1. The number of amides is 1. The highest BCUT2D eigenvalue weighted by Gasteiger charge is 2.34. The number of carbonyl (C=O) groups excluding carboxylic acids is 1. The van der Waals surface area contributed by atoms with Gasteiger partial charge in [-0.3, -0.25) is 4.79 Å². The van der Waals surface area contributed by atoms with Crippen molar-refractivity contribution in [1.29, 1.82) is 0 Å². The first-order valence-electron chi connectivity index (χ1n) is 6.96. The number of carbonyl (C=O) groups is 1. The second-order valence-corrected chi connectivity index (χ2v) is 6.24. The molecule has 1 aliphatic carbocycles. The molecule has 20 heavy (non-hydrogen) atoms. The lowest BCUT2D eigenvalue weighted by atomic mass is 10.2. The predicted octanol–water partition coefficient (Wildman–Crippen LogP) is 2.10. The Morgan fingerprint density at radius 1 is 1.45 bits per heavy atom. The van der Waals surface area contributed by atoms with E-state index in [1.807, 2.05) is 12.1 Å². The molecule has 1 aromatic heterocycles. The van der Waals surface area contributed by atoms with Crippen molar-refractivity contribution in [2.24, 2.45) is 0 Å². The molecule has 1 aromatic rings. The molecule has 5 nitrogen and oxygen atoms in total. The highest BCUT2D eigenvalue weighted by atomic mass is 79.9. The molecule has 1 N–H and O–H groups in total. The molecule has 1 saturated carbocycles. The molecule has 1 aliphatic heterocycles. The van der Waals surface area contributed by atoms with Crippen molar-refractivity contribution in [1.82, 2.24) is 10.3 Å². The number of nitrogens with one attached hydrogen (secondary N) is 1. The molecule has 1 atom stereocenters. The van der Waals surface area contributed by atoms with Crippen LogP contribution >= 0.6 is 15.9 Å². The number of hydrogen-bond donors (Lipinski definition) is 1. The molecule has 1 saturated heterocycles. The minimum atomic E-state index is -0.109. The van der Waals surface area contributed by atoms with Crippen LogP contribution in [0.5, 0.6) is 5.88 Å². The van der Waals surface area contributed by atoms with Gasteiger partial charge in [-0.05, 0) is 31.7 Å². The molecule has 0 aromatic carbocycles. The molecule has 0 radical (unpaired) electrons. The first-order valence-corrected chi connectivity index (χ1v) is 7.75. The number of methoxy groups -OCH3 is 1. The van der Waals surface area contributed by atoms with Crippen LogP contribution in [0.4, 0.5) is 5.82 Å². The highest BCUT2D eigenvalue weighted by molar-refractivity contribution is 9.10. The zero-order chi connectivity index (χ0) is 14.1. The lowest BCUT2D eigenvalue weighted by Gasteiger charge is -2.25. The molecular weight excluding hydrogens is 322 g/mol. The van der Waals surface area contributed by atoms with Crippen LogP contribution in [0.2, 0.25) is 0 Å². The van der Waals surface area contributed by atoms with Crippen LogP contribution in [0.1, 0.15) is 25.7 Å². The van der Waals surface area contributed by atoms with Crippen LogP contribution in [0.3, 0.4) is 0 Å². The van der Waals surface area contributed by atoms with Crippen molar-refractivity contribution in [2.45, 2.75) is 37.8 Å². The number of nitrogens with zero attached hydrogens (tertiary/aromatic N) is 2. The summed E-state index contributed by atoms with van der Waals surface area (Å²) >= 11 is 3.46. The van der Waals surface area contributed by atoms with E-state index in [4.69, 9.17) is 4.74 Å². The quantitative estimate of drug-likeness (QED) is 0.912. The van der Waals surface area contributed by atoms with Gasteiger partial charge in [0.05, 0.1) is 7.11 Å². The third-order valence-corrected chi connectivity index (χ3v) is 4.19. The average Bonchev–Trinajstić information content (AvgIpc) is 3.10. The minimum Gasteiger partial charge on any atom is -0.481 e. The number of halogens is 1. The van der Waals surface area contributed by atoms with E-state index in [1.165, 1.54) is 0 Å². The Bertz CT molecular complexity index is 519. The zero-order valence-corrected chi connectivity index (χ0v) is 13.0. The molecule has 2 heterocycles. The number of anilines is 1. The SMILES string of the molecule is COc1cc(Br)cc(N2CCCC2C(=O)NC2CC2)n1. The Morgan fingerprint density at radius 3 is 2.95 bits per heavy atom. The van der Waals surface area contributed by atoms with E-state index in [-0.39, 0.29) is 11.9 Å². The van der Waals surface area contributed by atoms with Gasteiger partial charge in [0.25, 0.3) is 0 Å². The van der Waals surface area contributed by atoms with E-state index in [0.29, 0.717) is 11.9 Å². The minimum absolute atomic E-state index is 0.109. The van der Waals surface area contributed by atoms with E-state index >= 15 is 0 Å². The van der Waals surface area contributed by atoms with Crippen LogP contribution < -0.4 is 15.0 Å². The molecule has 2 aliphatic rings. The second-order valence-electron chi connectivity index (χ2n) is 5.32. The van der Waals surface area contributed by atoms with Gasteiger partial charge in [0.2, 0.25) is 11.8 Å². The Labute approximate surface area is 126 Å². The summed E-state index contributed by atoms with van der Waals surface area (Å²) < 4.78 is 6.11. The average molecular weight is 340 g/mol. The Morgan fingerprint density at radius 2 is 2.25 bits per heavy atom. The fraction of sp³-hybridized carbons (Fsp3) is 0.571. The molecular formula is C14H18BrN3O2. The van der Waals surface area contributed by atoms with Crippen molar-refractivity contribution < 1.29 is 9.53 Å². The lowest BCUT2D eigenvalue weighted by Crippen LogP contribution is -2.44. The molecule has 1 unspecified atom stereocenters. The summed E-state index contributed by atoms with van der Waals surface area (Å²) in [4.78, 5) is 18.8. The third kappa shape index (κ3) is 2.90. The van der Waals surface area contributed by atoms with Crippen LogP contribution in [0.15, 0.2) is 16.6 Å². The fourth-order valence-corrected chi connectivity index (χ4v) is 2.95. The van der Waals surface area contributed by atoms with Gasteiger partial charge in [-0.1, -0.05) is 15.9 Å². The molecule has 108 valence electrons. The Kier molecular flexibility index (Phi) is 3.83. The maximum atomic E-state index is 12.3. The highest BCUT2D eigenvalue weighted by Crippen LogP contribution is 2.29. The van der Waals surface area contributed by atoms with Crippen molar-refractivity contribution in [3.05, 3.63) is 16.6 Å².